The largest absolute Gasteiger partial charge is 0.434 e. The van der Waals surface area contributed by atoms with E-state index in [4.69, 9.17) is 4.74 Å². The Bertz CT molecular complexity index is 702. The Kier molecular flexibility index (Phi) is 2.75. The van der Waals surface area contributed by atoms with Gasteiger partial charge in [0.1, 0.15) is 5.52 Å². The number of aryl methyl sites for hydroxylation is 1. The molecule has 3 heterocycles. The van der Waals surface area contributed by atoms with Crippen molar-refractivity contribution in [1.29, 1.82) is 0 Å². The second-order valence-electron chi connectivity index (χ2n) is 3.84. The molecule has 19 heavy (non-hydrogen) atoms. The third-order valence-electron chi connectivity index (χ3n) is 2.62. The van der Waals surface area contributed by atoms with Crippen molar-refractivity contribution in [2.75, 3.05) is 12.4 Å². The number of H-pyrrole nitrogens is 1. The fourth-order valence-corrected chi connectivity index (χ4v) is 1.67. The highest BCUT2D eigenvalue weighted by molar-refractivity contribution is 5.77. The van der Waals surface area contributed by atoms with Crippen LogP contribution in [0.5, 0.6) is 11.6 Å². The maximum Gasteiger partial charge on any atom is 0.250 e. The number of imidazole rings is 1. The van der Waals surface area contributed by atoms with Crippen LogP contribution in [-0.4, -0.2) is 36.8 Å². The molecule has 3 rings (SSSR count). The predicted molar refractivity (Wildman–Crippen MR) is 69.2 cm³/mol. The minimum absolute atomic E-state index is 0.419. The molecule has 98 valence electrons. The average molecular weight is 259 g/mol. The van der Waals surface area contributed by atoms with Gasteiger partial charge in [-0.05, 0) is 6.92 Å². The summed E-state index contributed by atoms with van der Waals surface area (Å²) in [7, 11) is 1.74. The molecule has 0 aliphatic heterocycles. The molecule has 0 aromatic carbocycles. The molecule has 2 N–H and O–H groups in total. The van der Waals surface area contributed by atoms with E-state index >= 15 is 0 Å². The van der Waals surface area contributed by atoms with Crippen molar-refractivity contribution in [3.63, 3.8) is 0 Å². The quantitative estimate of drug-likeness (QED) is 0.735. The molecule has 0 amide bonds. The van der Waals surface area contributed by atoms with Crippen LogP contribution in [0.15, 0.2) is 18.7 Å². The van der Waals surface area contributed by atoms with E-state index in [1.54, 1.807) is 24.3 Å². The topological polar surface area (TPSA) is 93.5 Å². The summed E-state index contributed by atoms with van der Waals surface area (Å²) in [6.45, 7) is 2.79. The van der Waals surface area contributed by atoms with Crippen molar-refractivity contribution in [2.45, 2.75) is 13.5 Å². The van der Waals surface area contributed by atoms with E-state index in [9.17, 15) is 0 Å². The van der Waals surface area contributed by atoms with Gasteiger partial charge in [0, 0.05) is 13.6 Å². The molecule has 8 nitrogen and oxygen atoms in total. The van der Waals surface area contributed by atoms with Gasteiger partial charge < -0.3 is 15.0 Å². The molecule has 0 aliphatic rings. The summed E-state index contributed by atoms with van der Waals surface area (Å²) in [5.74, 6) is 1.50. The van der Waals surface area contributed by atoms with E-state index in [0.29, 0.717) is 28.7 Å². The van der Waals surface area contributed by atoms with Gasteiger partial charge in [0.15, 0.2) is 11.4 Å². The lowest BCUT2D eigenvalue weighted by Gasteiger charge is -2.04. The number of fused-ring (bicyclic) bond motifs is 1. The normalized spacial score (nSPS) is 10.8. The second kappa shape index (κ2) is 4.56. The van der Waals surface area contributed by atoms with Crippen LogP contribution in [0, 0.1) is 0 Å². The van der Waals surface area contributed by atoms with E-state index in [2.05, 4.69) is 30.4 Å². The maximum atomic E-state index is 5.73. The van der Waals surface area contributed by atoms with E-state index < -0.39 is 0 Å². The molecular formula is C11H13N7O. The van der Waals surface area contributed by atoms with Crippen LogP contribution in [0.4, 0.5) is 5.95 Å². The number of anilines is 1. The maximum absolute atomic E-state index is 5.73. The van der Waals surface area contributed by atoms with Gasteiger partial charge in [-0.2, -0.15) is 15.1 Å². The molecule has 0 saturated heterocycles. The Balaban J connectivity index is 2.01. The first-order valence-electron chi connectivity index (χ1n) is 5.89. The van der Waals surface area contributed by atoms with Crippen molar-refractivity contribution in [2.24, 2.45) is 0 Å². The van der Waals surface area contributed by atoms with Gasteiger partial charge in [0.05, 0.1) is 18.7 Å². The minimum atomic E-state index is 0.419. The molecule has 8 heteroatoms. The van der Waals surface area contributed by atoms with E-state index in [1.165, 1.54) is 0 Å². The Labute approximate surface area is 108 Å². The van der Waals surface area contributed by atoms with Crippen LogP contribution in [0.2, 0.25) is 0 Å². The Morgan fingerprint density at radius 3 is 3.05 bits per heavy atom. The monoisotopic (exact) mass is 259 g/mol. The summed E-state index contributed by atoms with van der Waals surface area (Å²) < 4.78 is 7.51. The average Bonchev–Trinajstić information content (AvgIpc) is 3.06. The van der Waals surface area contributed by atoms with Gasteiger partial charge >= 0.3 is 0 Å². The van der Waals surface area contributed by atoms with Crippen LogP contribution in [0.25, 0.3) is 11.2 Å². The molecular weight excluding hydrogens is 246 g/mol. The smallest absolute Gasteiger partial charge is 0.250 e. The van der Waals surface area contributed by atoms with Crippen LogP contribution < -0.4 is 10.1 Å². The number of hydrogen-bond donors (Lipinski definition) is 2. The standard InChI is InChI=1S/C11H13N7O/c1-3-18-5-7(4-15-18)19-10-8-9(14-6-13-8)16-11(12-2)17-10/h4-6H,3H2,1-2H3,(H2,12,13,14,16,17). The number of ether oxygens (including phenoxy) is 1. The van der Waals surface area contributed by atoms with Crippen LogP contribution in [0.1, 0.15) is 6.92 Å². The number of nitrogens with one attached hydrogen (secondary N) is 2. The summed E-state index contributed by atoms with van der Waals surface area (Å²) in [5, 5.41) is 7.02. The predicted octanol–water partition coefficient (Wildman–Crippen LogP) is 1.40. The third-order valence-corrected chi connectivity index (χ3v) is 2.62. The SMILES string of the molecule is CCn1cc(Oc2nc(NC)nc3nc[nH]c23)cn1. The summed E-state index contributed by atoms with van der Waals surface area (Å²) >= 11 is 0. The molecule has 3 aromatic rings. The Morgan fingerprint density at radius 1 is 1.42 bits per heavy atom. The minimum Gasteiger partial charge on any atom is -0.434 e. The summed E-state index contributed by atoms with van der Waals surface area (Å²) in [4.78, 5) is 15.5. The van der Waals surface area contributed by atoms with Crippen molar-refractivity contribution < 1.29 is 4.74 Å². The van der Waals surface area contributed by atoms with Crippen LogP contribution >= 0.6 is 0 Å². The van der Waals surface area contributed by atoms with Crippen molar-refractivity contribution >= 4 is 17.1 Å². The molecule has 0 unspecified atom stereocenters. The fraction of sp³-hybridized carbons (Fsp3) is 0.273. The van der Waals surface area contributed by atoms with Gasteiger partial charge in [-0.1, -0.05) is 0 Å². The molecule has 0 saturated carbocycles. The first-order chi connectivity index (χ1) is 9.30. The van der Waals surface area contributed by atoms with E-state index in [0.717, 1.165) is 6.54 Å². The molecule has 0 bridgehead atoms. The summed E-state index contributed by atoms with van der Waals surface area (Å²) in [5.41, 5.74) is 1.21. The number of aromatic amines is 1. The van der Waals surface area contributed by atoms with Crippen molar-refractivity contribution in [3.05, 3.63) is 18.7 Å². The van der Waals surface area contributed by atoms with Gasteiger partial charge in [-0.3, -0.25) is 4.68 Å². The molecule has 0 spiro atoms. The van der Waals surface area contributed by atoms with Crippen molar-refractivity contribution in [1.82, 2.24) is 29.7 Å². The zero-order chi connectivity index (χ0) is 13.2. The zero-order valence-corrected chi connectivity index (χ0v) is 10.6. The van der Waals surface area contributed by atoms with E-state index in [1.807, 2.05) is 13.1 Å². The van der Waals surface area contributed by atoms with Gasteiger partial charge in [0.2, 0.25) is 5.95 Å². The second-order valence-corrected chi connectivity index (χ2v) is 3.84. The third kappa shape index (κ3) is 2.07. The zero-order valence-electron chi connectivity index (χ0n) is 10.6. The van der Waals surface area contributed by atoms with Crippen LogP contribution in [-0.2, 0) is 6.54 Å². The highest BCUT2D eigenvalue weighted by Crippen LogP contribution is 2.25. The molecule has 0 atom stereocenters. The number of rotatable bonds is 4. The fourth-order valence-electron chi connectivity index (χ4n) is 1.67. The highest BCUT2D eigenvalue weighted by Gasteiger charge is 2.12. The lowest BCUT2D eigenvalue weighted by molar-refractivity contribution is 0.466. The Hall–Kier alpha value is -2.64. The number of hydrogen-bond acceptors (Lipinski definition) is 6. The van der Waals surface area contributed by atoms with Gasteiger partial charge in [0.25, 0.3) is 5.88 Å². The van der Waals surface area contributed by atoms with Gasteiger partial charge in [-0.15, -0.1) is 0 Å². The summed E-state index contributed by atoms with van der Waals surface area (Å²) in [6, 6.07) is 0. The molecule has 0 aliphatic carbocycles. The highest BCUT2D eigenvalue weighted by atomic mass is 16.5. The number of aromatic nitrogens is 6. The molecule has 0 fully saturated rings. The molecule has 3 aromatic heterocycles. The van der Waals surface area contributed by atoms with E-state index in [-0.39, 0.29) is 0 Å². The van der Waals surface area contributed by atoms with Gasteiger partial charge in [-0.25, -0.2) is 4.98 Å². The van der Waals surface area contributed by atoms with Crippen LogP contribution in [0.3, 0.4) is 0 Å². The molecule has 0 radical (unpaired) electrons. The lowest BCUT2D eigenvalue weighted by atomic mass is 10.5. The first-order valence-corrected chi connectivity index (χ1v) is 5.89. The number of nitrogens with zero attached hydrogens (tertiary/aromatic N) is 5. The summed E-state index contributed by atoms with van der Waals surface area (Å²) in [6.07, 6.45) is 5.01. The first kappa shape index (κ1) is 11.5. The lowest BCUT2D eigenvalue weighted by Crippen LogP contribution is -1.99. The van der Waals surface area contributed by atoms with Crippen molar-refractivity contribution in [3.8, 4) is 11.6 Å². The Morgan fingerprint density at radius 2 is 2.32 bits per heavy atom.